The molecule has 0 amide bonds. The highest BCUT2D eigenvalue weighted by Crippen LogP contribution is 2.43. The van der Waals surface area contributed by atoms with E-state index >= 15 is 0 Å². The Balaban J connectivity index is 1.79. The Hall–Kier alpha value is -3.59. The summed E-state index contributed by atoms with van der Waals surface area (Å²) in [5.74, 6) is 2.65. The zero-order chi connectivity index (χ0) is 17.1. The molecule has 0 aliphatic carbocycles. The lowest BCUT2D eigenvalue weighted by Gasteiger charge is -2.21. The van der Waals surface area contributed by atoms with Gasteiger partial charge in [0.25, 0.3) is 0 Å². The minimum absolute atomic E-state index is 0.847. The summed E-state index contributed by atoms with van der Waals surface area (Å²) >= 11 is 0. The maximum Gasteiger partial charge on any atom is 0.153 e. The van der Waals surface area contributed by atoms with Crippen molar-refractivity contribution in [3.63, 3.8) is 0 Å². The Morgan fingerprint density at radius 2 is 1.46 bits per heavy atom. The van der Waals surface area contributed by atoms with Crippen LogP contribution in [-0.2, 0) is 0 Å². The summed E-state index contributed by atoms with van der Waals surface area (Å²) in [6, 6.07) is 29.0. The van der Waals surface area contributed by atoms with Gasteiger partial charge < -0.3 is 4.74 Å². The number of imidazole rings is 1. The first-order valence-electron chi connectivity index (χ1n) is 8.67. The van der Waals surface area contributed by atoms with Gasteiger partial charge in [0.15, 0.2) is 11.5 Å². The molecule has 6 rings (SSSR count). The van der Waals surface area contributed by atoms with Gasteiger partial charge in [0.05, 0.1) is 11.2 Å². The van der Waals surface area contributed by atoms with E-state index in [-0.39, 0.29) is 0 Å². The Bertz CT molecular complexity index is 1310. The van der Waals surface area contributed by atoms with E-state index in [0.29, 0.717) is 0 Å². The molecular formula is C23H14N2O. The van der Waals surface area contributed by atoms with E-state index in [0.717, 1.165) is 39.6 Å². The standard InChI is InChI=1S/C23H14N2O/c1-2-9-16-15(7-1)8-5-10-17(16)23-24-18-11-6-14-21-22(18)25(23)19-12-3-4-13-20(19)26-21/h1-14H. The molecule has 1 aromatic heterocycles. The van der Waals surface area contributed by atoms with Gasteiger partial charge in [0.2, 0.25) is 0 Å². The number of benzene rings is 4. The van der Waals surface area contributed by atoms with Crippen LogP contribution in [0.5, 0.6) is 11.5 Å². The van der Waals surface area contributed by atoms with Crippen molar-refractivity contribution >= 4 is 21.8 Å². The van der Waals surface area contributed by atoms with Gasteiger partial charge in [-0.2, -0.15) is 0 Å². The minimum Gasteiger partial charge on any atom is -0.453 e. The van der Waals surface area contributed by atoms with Crippen molar-refractivity contribution in [2.45, 2.75) is 0 Å². The highest BCUT2D eigenvalue weighted by molar-refractivity contribution is 5.99. The Labute approximate surface area is 150 Å². The fraction of sp³-hybridized carbons (Fsp3) is 0. The molecule has 1 aliphatic heterocycles. The average molecular weight is 334 g/mol. The topological polar surface area (TPSA) is 27.1 Å². The normalized spacial score (nSPS) is 12.2. The van der Waals surface area contributed by atoms with E-state index in [2.05, 4.69) is 53.1 Å². The minimum atomic E-state index is 0.847. The van der Waals surface area contributed by atoms with Crippen molar-refractivity contribution in [3.8, 4) is 28.6 Å². The molecule has 1 aliphatic rings. The molecule has 4 aromatic carbocycles. The third-order valence-corrected chi connectivity index (χ3v) is 5.00. The SMILES string of the molecule is c1ccc2c(c1)Oc1cccc3nc(-c4cccc5ccccc45)n-2c13. The van der Waals surface area contributed by atoms with E-state index < -0.39 is 0 Å². The summed E-state index contributed by atoms with van der Waals surface area (Å²) in [7, 11) is 0. The number of para-hydroxylation sites is 3. The summed E-state index contributed by atoms with van der Waals surface area (Å²) in [6.45, 7) is 0. The van der Waals surface area contributed by atoms with Crippen molar-refractivity contribution < 1.29 is 4.74 Å². The summed E-state index contributed by atoms with van der Waals surface area (Å²) < 4.78 is 8.35. The largest absolute Gasteiger partial charge is 0.453 e. The highest BCUT2D eigenvalue weighted by atomic mass is 16.5. The lowest BCUT2D eigenvalue weighted by Crippen LogP contribution is -2.05. The number of aromatic nitrogens is 2. The van der Waals surface area contributed by atoms with Crippen molar-refractivity contribution in [2.24, 2.45) is 0 Å². The maximum absolute atomic E-state index is 6.13. The number of fused-ring (bicyclic) bond motifs is 3. The van der Waals surface area contributed by atoms with Crippen LogP contribution in [0.15, 0.2) is 84.9 Å². The van der Waals surface area contributed by atoms with E-state index in [4.69, 9.17) is 9.72 Å². The average Bonchev–Trinajstić information content (AvgIpc) is 3.09. The zero-order valence-corrected chi connectivity index (χ0v) is 13.9. The summed E-state index contributed by atoms with van der Waals surface area (Å²) in [6.07, 6.45) is 0. The third-order valence-electron chi connectivity index (χ3n) is 5.00. The van der Waals surface area contributed by atoms with Gasteiger partial charge in [0, 0.05) is 5.56 Å². The molecule has 122 valence electrons. The van der Waals surface area contributed by atoms with Crippen LogP contribution in [0.1, 0.15) is 0 Å². The number of hydrogen-bond acceptors (Lipinski definition) is 2. The van der Waals surface area contributed by atoms with Crippen LogP contribution >= 0.6 is 0 Å². The van der Waals surface area contributed by atoms with Crippen LogP contribution in [0.4, 0.5) is 0 Å². The molecule has 0 atom stereocenters. The van der Waals surface area contributed by atoms with Crippen LogP contribution in [0.2, 0.25) is 0 Å². The second-order valence-electron chi connectivity index (χ2n) is 6.49. The van der Waals surface area contributed by atoms with Crippen molar-refractivity contribution in [3.05, 3.63) is 84.9 Å². The van der Waals surface area contributed by atoms with Crippen molar-refractivity contribution in [1.29, 1.82) is 0 Å². The summed E-state index contributed by atoms with van der Waals surface area (Å²) in [4.78, 5) is 4.99. The first-order chi connectivity index (χ1) is 12.9. The molecule has 3 heteroatoms. The van der Waals surface area contributed by atoms with Gasteiger partial charge in [-0.05, 0) is 35.0 Å². The Morgan fingerprint density at radius 3 is 2.46 bits per heavy atom. The molecule has 0 spiro atoms. The van der Waals surface area contributed by atoms with Gasteiger partial charge in [0.1, 0.15) is 11.3 Å². The molecule has 0 saturated heterocycles. The highest BCUT2D eigenvalue weighted by Gasteiger charge is 2.25. The first kappa shape index (κ1) is 13.7. The van der Waals surface area contributed by atoms with Gasteiger partial charge >= 0.3 is 0 Å². The van der Waals surface area contributed by atoms with Crippen molar-refractivity contribution in [2.75, 3.05) is 0 Å². The van der Waals surface area contributed by atoms with Crippen molar-refractivity contribution in [1.82, 2.24) is 9.55 Å². The maximum atomic E-state index is 6.13. The van der Waals surface area contributed by atoms with E-state index in [1.165, 1.54) is 10.8 Å². The quantitative estimate of drug-likeness (QED) is 0.371. The smallest absolute Gasteiger partial charge is 0.153 e. The van der Waals surface area contributed by atoms with Crippen LogP contribution in [0, 0.1) is 0 Å². The van der Waals surface area contributed by atoms with E-state index in [1.807, 2.05) is 36.4 Å². The van der Waals surface area contributed by atoms with E-state index in [1.54, 1.807) is 0 Å². The number of rotatable bonds is 1. The summed E-state index contributed by atoms with van der Waals surface area (Å²) in [5, 5.41) is 2.41. The number of ether oxygens (including phenoxy) is 1. The molecule has 0 saturated carbocycles. The lowest BCUT2D eigenvalue weighted by atomic mass is 10.0. The fourth-order valence-corrected chi connectivity index (χ4v) is 3.86. The first-order valence-corrected chi connectivity index (χ1v) is 8.67. The second kappa shape index (κ2) is 4.96. The molecule has 0 bridgehead atoms. The third kappa shape index (κ3) is 1.74. The van der Waals surface area contributed by atoms with Gasteiger partial charge in [-0.15, -0.1) is 0 Å². The molecule has 0 unspecified atom stereocenters. The number of nitrogens with zero attached hydrogens (tertiary/aromatic N) is 2. The molecule has 26 heavy (non-hydrogen) atoms. The van der Waals surface area contributed by atoms with Crippen LogP contribution in [-0.4, -0.2) is 9.55 Å². The van der Waals surface area contributed by atoms with E-state index in [9.17, 15) is 0 Å². The summed E-state index contributed by atoms with van der Waals surface area (Å²) in [5.41, 5.74) is 4.12. The van der Waals surface area contributed by atoms with Crippen LogP contribution < -0.4 is 4.74 Å². The fourth-order valence-electron chi connectivity index (χ4n) is 3.86. The number of hydrogen-bond donors (Lipinski definition) is 0. The molecule has 0 fully saturated rings. The second-order valence-corrected chi connectivity index (χ2v) is 6.49. The van der Waals surface area contributed by atoms with Crippen LogP contribution in [0.3, 0.4) is 0 Å². The monoisotopic (exact) mass is 334 g/mol. The van der Waals surface area contributed by atoms with Gasteiger partial charge in [-0.3, -0.25) is 4.57 Å². The molecule has 5 aromatic rings. The molecule has 3 nitrogen and oxygen atoms in total. The van der Waals surface area contributed by atoms with Gasteiger partial charge in [-0.25, -0.2) is 4.98 Å². The van der Waals surface area contributed by atoms with Crippen LogP contribution in [0.25, 0.3) is 38.9 Å². The predicted octanol–water partition coefficient (Wildman–Crippen LogP) is 5.95. The van der Waals surface area contributed by atoms with Gasteiger partial charge in [-0.1, -0.05) is 60.7 Å². The molecule has 0 N–H and O–H groups in total. The molecule has 2 heterocycles. The Kier molecular flexibility index (Phi) is 2.61. The Morgan fingerprint density at radius 1 is 0.692 bits per heavy atom. The lowest BCUT2D eigenvalue weighted by molar-refractivity contribution is 0.476. The molecular weight excluding hydrogens is 320 g/mol. The zero-order valence-electron chi connectivity index (χ0n) is 13.9. The predicted molar refractivity (Wildman–Crippen MR) is 104 cm³/mol. The molecule has 0 radical (unpaired) electrons.